The van der Waals surface area contributed by atoms with Crippen molar-refractivity contribution in [3.63, 3.8) is 0 Å². The maximum atomic E-state index is 12.9. The highest BCUT2D eigenvalue weighted by Gasteiger charge is 2.35. The number of imidazole rings is 1. The van der Waals surface area contributed by atoms with Crippen LogP contribution in [0, 0.1) is 0 Å². The highest BCUT2D eigenvalue weighted by molar-refractivity contribution is 5.96. The molecule has 1 atom stereocenters. The van der Waals surface area contributed by atoms with Gasteiger partial charge in [0, 0.05) is 43.7 Å². The van der Waals surface area contributed by atoms with Crippen molar-refractivity contribution >= 4 is 28.5 Å². The monoisotopic (exact) mass is 418 g/mol. The Labute approximate surface area is 181 Å². The van der Waals surface area contributed by atoms with E-state index >= 15 is 0 Å². The Morgan fingerprint density at radius 1 is 1.13 bits per heavy atom. The van der Waals surface area contributed by atoms with Crippen molar-refractivity contribution in [1.29, 1.82) is 0 Å². The lowest BCUT2D eigenvalue weighted by Gasteiger charge is -2.19. The molecule has 0 radical (unpaired) electrons. The van der Waals surface area contributed by atoms with Crippen molar-refractivity contribution in [3.8, 4) is 5.75 Å². The number of methoxy groups -OCH3 is 1. The van der Waals surface area contributed by atoms with Crippen molar-refractivity contribution in [2.75, 3.05) is 31.6 Å². The van der Waals surface area contributed by atoms with Crippen LogP contribution in [-0.2, 0) is 16.1 Å². The van der Waals surface area contributed by atoms with Gasteiger partial charge < -0.3 is 19.1 Å². The van der Waals surface area contributed by atoms with E-state index in [1.807, 2.05) is 58.0 Å². The highest BCUT2D eigenvalue weighted by Crippen LogP contribution is 2.34. The number of carbonyl (C=O) groups is 2. The number of amides is 2. The second-order valence-corrected chi connectivity index (χ2v) is 8.24. The molecule has 0 spiro atoms. The van der Waals surface area contributed by atoms with Gasteiger partial charge in [-0.1, -0.05) is 18.2 Å². The van der Waals surface area contributed by atoms with Crippen molar-refractivity contribution in [3.05, 3.63) is 54.4 Å². The number of nitrogens with zero attached hydrogens (tertiary/aromatic N) is 4. The van der Waals surface area contributed by atoms with Crippen LogP contribution >= 0.6 is 0 Å². The fraction of sp³-hybridized carbons (Fsp3) is 0.375. The Balaban J connectivity index is 1.47. The molecule has 2 fully saturated rings. The first-order chi connectivity index (χ1) is 15.1. The fourth-order valence-corrected chi connectivity index (χ4v) is 4.68. The summed E-state index contributed by atoms with van der Waals surface area (Å²) in [5.74, 6) is 1.64. The van der Waals surface area contributed by atoms with E-state index in [4.69, 9.17) is 9.72 Å². The average Bonchev–Trinajstić information content (AvgIpc) is 3.53. The summed E-state index contributed by atoms with van der Waals surface area (Å²) < 4.78 is 7.33. The van der Waals surface area contributed by atoms with Gasteiger partial charge in [-0.3, -0.25) is 9.59 Å². The molecular formula is C24H26N4O3. The van der Waals surface area contributed by atoms with E-state index in [0.29, 0.717) is 13.0 Å². The number of anilines is 1. The Morgan fingerprint density at radius 2 is 1.94 bits per heavy atom. The number of aromatic nitrogens is 2. The summed E-state index contributed by atoms with van der Waals surface area (Å²) in [5.41, 5.74) is 2.62. The van der Waals surface area contributed by atoms with Gasteiger partial charge in [0.1, 0.15) is 18.1 Å². The van der Waals surface area contributed by atoms with E-state index in [2.05, 4.69) is 0 Å². The number of para-hydroxylation sites is 2. The Kier molecular flexibility index (Phi) is 5.10. The molecule has 7 nitrogen and oxygen atoms in total. The third kappa shape index (κ3) is 3.65. The summed E-state index contributed by atoms with van der Waals surface area (Å²) in [4.78, 5) is 34.4. The van der Waals surface area contributed by atoms with Gasteiger partial charge >= 0.3 is 0 Å². The number of hydrogen-bond donors (Lipinski definition) is 0. The standard InChI is InChI=1S/C24H26N4O3/c1-31-19-8-6-7-18(14-19)27-15-17(13-22(27)29)24-25-20-9-2-3-10-21(20)28(24)16-23(30)26-11-4-5-12-26/h2-3,6-10,14,17H,4-5,11-13,15-16H2,1H3. The van der Waals surface area contributed by atoms with E-state index in [9.17, 15) is 9.59 Å². The molecule has 2 saturated heterocycles. The Hall–Kier alpha value is -3.35. The number of carbonyl (C=O) groups excluding carboxylic acids is 2. The predicted octanol–water partition coefficient (Wildman–Crippen LogP) is 3.19. The minimum Gasteiger partial charge on any atom is -0.497 e. The van der Waals surface area contributed by atoms with E-state index in [0.717, 1.165) is 54.2 Å². The van der Waals surface area contributed by atoms with Crippen LogP contribution < -0.4 is 9.64 Å². The molecule has 2 aromatic carbocycles. The van der Waals surface area contributed by atoms with Crippen LogP contribution in [0.4, 0.5) is 5.69 Å². The van der Waals surface area contributed by atoms with Crippen LogP contribution in [0.25, 0.3) is 11.0 Å². The zero-order valence-corrected chi connectivity index (χ0v) is 17.7. The summed E-state index contributed by atoms with van der Waals surface area (Å²) in [5, 5.41) is 0. The van der Waals surface area contributed by atoms with E-state index in [1.165, 1.54) is 0 Å². The lowest BCUT2D eigenvalue weighted by atomic mass is 10.1. The third-order valence-electron chi connectivity index (χ3n) is 6.29. The largest absolute Gasteiger partial charge is 0.497 e. The first-order valence-electron chi connectivity index (χ1n) is 10.8. The van der Waals surface area contributed by atoms with Crippen LogP contribution in [0.5, 0.6) is 5.75 Å². The molecule has 1 unspecified atom stereocenters. The third-order valence-corrected chi connectivity index (χ3v) is 6.29. The molecule has 0 bridgehead atoms. The van der Waals surface area contributed by atoms with E-state index in [-0.39, 0.29) is 24.3 Å². The highest BCUT2D eigenvalue weighted by atomic mass is 16.5. The fourth-order valence-electron chi connectivity index (χ4n) is 4.68. The molecule has 3 aromatic rings. The van der Waals surface area contributed by atoms with Crippen molar-refractivity contribution in [1.82, 2.24) is 14.5 Å². The Bertz CT molecular complexity index is 1130. The summed E-state index contributed by atoms with van der Waals surface area (Å²) in [6, 6.07) is 15.4. The SMILES string of the molecule is COc1cccc(N2CC(c3nc4ccccc4n3CC(=O)N3CCCC3)CC2=O)c1. The first-order valence-corrected chi connectivity index (χ1v) is 10.8. The van der Waals surface area contributed by atoms with Crippen LogP contribution in [0.3, 0.4) is 0 Å². The quantitative estimate of drug-likeness (QED) is 0.638. The summed E-state index contributed by atoms with van der Waals surface area (Å²) in [6.07, 6.45) is 2.50. The molecule has 0 saturated carbocycles. The molecule has 7 heteroatoms. The first kappa shape index (κ1) is 19.6. The number of hydrogen-bond acceptors (Lipinski definition) is 4. The summed E-state index contributed by atoms with van der Waals surface area (Å²) in [7, 11) is 1.62. The number of rotatable bonds is 5. The molecule has 2 amide bonds. The average molecular weight is 418 g/mol. The minimum atomic E-state index is -0.0718. The molecular weight excluding hydrogens is 392 g/mol. The molecule has 31 heavy (non-hydrogen) atoms. The number of ether oxygens (including phenoxy) is 1. The molecule has 1 aromatic heterocycles. The van der Waals surface area contributed by atoms with Gasteiger partial charge in [0.2, 0.25) is 11.8 Å². The van der Waals surface area contributed by atoms with Crippen LogP contribution in [-0.4, -0.2) is 53.0 Å². The van der Waals surface area contributed by atoms with Crippen LogP contribution in [0.15, 0.2) is 48.5 Å². The van der Waals surface area contributed by atoms with Gasteiger partial charge in [0.15, 0.2) is 0 Å². The molecule has 0 aliphatic carbocycles. The molecule has 2 aliphatic rings. The molecule has 3 heterocycles. The summed E-state index contributed by atoms with van der Waals surface area (Å²) in [6.45, 7) is 2.45. The Morgan fingerprint density at radius 3 is 2.74 bits per heavy atom. The molecule has 160 valence electrons. The van der Waals surface area contributed by atoms with Gasteiger partial charge in [-0.2, -0.15) is 0 Å². The van der Waals surface area contributed by atoms with Gasteiger partial charge in [-0.05, 0) is 37.1 Å². The minimum absolute atomic E-state index is 0.0581. The number of benzene rings is 2. The van der Waals surface area contributed by atoms with Gasteiger partial charge in [-0.25, -0.2) is 4.98 Å². The van der Waals surface area contributed by atoms with Crippen LogP contribution in [0.1, 0.15) is 31.0 Å². The van der Waals surface area contributed by atoms with E-state index < -0.39 is 0 Å². The van der Waals surface area contributed by atoms with Gasteiger partial charge in [0.05, 0.1) is 18.1 Å². The topological polar surface area (TPSA) is 67.7 Å². The normalized spacial score (nSPS) is 18.9. The van der Waals surface area contributed by atoms with Crippen molar-refractivity contribution < 1.29 is 14.3 Å². The zero-order chi connectivity index (χ0) is 21.4. The maximum Gasteiger partial charge on any atom is 0.242 e. The van der Waals surface area contributed by atoms with Gasteiger partial charge in [0.25, 0.3) is 0 Å². The number of likely N-dealkylation sites (tertiary alicyclic amines) is 1. The van der Waals surface area contributed by atoms with Crippen molar-refractivity contribution in [2.45, 2.75) is 31.7 Å². The van der Waals surface area contributed by atoms with E-state index in [1.54, 1.807) is 12.0 Å². The van der Waals surface area contributed by atoms with Crippen LogP contribution in [0.2, 0.25) is 0 Å². The van der Waals surface area contributed by atoms with Gasteiger partial charge in [-0.15, -0.1) is 0 Å². The predicted molar refractivity (Wildman–Crippen MR) is 118 cm³/mol. The second kappa shape index (κ2) is 8.06. The number of fused-ring (bicyclic) bond motifs is 1. The maximum absolute atomic E-state index is 12.9. The zero-order valence-electron chi connectivity index (χ0n) is 17.7. The van der Waals surface area contributed by atoms with Crippen molar-refractivity contribution in [2.24, 2.45) is 0 Å². The summed E-state index contributed by atoms with van der Waals surface area (Å²) >= 11 is 0. The molecule has 5 rings (SSSR count). The lowest BCUT2D eigenvalue weighted by molar-refractivity contribution is -0.130. The smallest absolute Gasteiger partial charge is 0.242 e. The second-order valence-electron chi connectivity index (χ2n) is 8.24. The molecule has 0 N–H and O–H groups in total. The molecule has 2 aliphatic heterocycles. The lowest BCUT2D eigenvalue weighted by Crippen LogP contribution is -2.32.